The molecule has 0 saturated heterocycles. The normalized spacial score (nSPS) is 9.76. The minimum Gasteiger partial charge on any atom is -0.356 e. The quantitative estimate of drug-likeness (QED) is 0.800. The first kappa shape index (κ1) is 13.6. The summed E-state index contributed by atoms with van der Waals surface area (Å²) in [6.07, 6.45) is 1.83. The highest BCUT2D eigenvalue weighted by Gasteiger charge is 2.06. The molecule has 0 aliphatic rings. The first-order valence-electron chi connectivity index (χ1n) is 5.30. The van der Waals surface area contributed by atoms with E-state index in [1.807, 2.05) is 6.92 Å². The first-order chi connectivity index (χ1) is 8.13. The lowest BCUT2D eigenvalue weighted by atomic mass is 10.2. The molecule has 0 fully saturated rings. The standard InChI is InChI=1S/C11H14BrN3O2/c1-2-13-10(16)4-6-15-11(17)8-3-5-14-9(12)7-8/h3,5,7H,2,4,6H2,1H3,(H,13,16)(H,15,17). The maximum Gasteiger partial charge on any atom is 0.251 e. The molecule has 1 aromatic rings. The summed E-state index contributed by atoms with van der Waals surface area (Å²) in [7, 11) is 0. The molecule has 0 atom stereocenters. The fraction of sp³-hybridized carbons (Fsp3) is 0.364. The van der Waals surface area contributed by atoms with Crippen LogP contribution in [0.25, 0.3) is 0 Å². The van der Waals surface area contributed by atoms with E-state index in [9.17, 15) is 9.59 Å². The third-order valence-corrected chi connectivity index (χ3v) is 2.43. The molecule has 0 aliphatic carbocycles. The minimum atomic E-state index is -0.211. The average Bonchev–Trinajstić information content (AvgIpc) is 2.29. The van der Waals surface area contributed by atoms with Gasteiger partial charge < -0.3 is 10.6 Å². The van der Waals surface area contributed by atoms with Crippen molar-refractivity contribution in [2.75, 3.05) is 13.1 Å². The van der Waals surface area contributed by atoms with Crippen LogP contribution in [-0.2, 0) is 4.79 Å². The van der Waals surface area contributed by atoms with Crippen LogP contribution in [0.1, 0.15) is 23.7 Å². The molecule has 0 unspecified atom stereocenters. The third kappa shape index (κ3) is 4.95. The summed E-state index contributed by atoms with van der Waals surface area (Å²) in [5, 5.41) is 5.33. The van der Waals surface area contributed by atoms with E-state index in [2.05, 4.69) is 31.5 Å². The van der Waals surface area contributed by atoms with Crippen molar-refractivity contribution in [3.05, 3.63) is 28.5 Å². The van der Waals surface area contributed by atoms with Gasteiger partial charge in [-0.25, -0.2) is 4.98 Å². The smallest absolute Gasteiger partial charge is 0.251 e. The molecule has 5 nitrogen and oxygen atoms in total. The Kier molecular flexibility index (Phi) is 5.62. The predicted octanol–water partition coefficient (Wildman–Crippen LogP) is 1.10. The van der Waals surface area contributed by atoms with Gasteiger partial charge in [0.1, 0.15) is 4.60 Å². The largest absolute Gasteiger partial charge is 0.356 e. The molecule has 0 bridgehead atoms. The molecule has 17 heavy (non-hydrogen) atoms. The van der Waals surface area contributed by atoms with Crippen molar-refractivity contribution in [3.8, 4) is 0 Å². The first-order valence-corrected chi connectivity index (χ1v) is 6.09. The van der Waals surface area contributed by atoms with Gasteiger partial charge in [0, 0.05) is 31.3 Å². The molecule has 0 aliphatic heterocycles. The molecule has 2 N–H and O–H groups in total. The topological polar surface area (TPSA) is 71.1 Å². The molecule has 0 saturated carbocycles. The number of hydrogen-bond donors (Lipinski definition) is 2. The molecule has 92 valence electrons. The number of carbonyl (C=O) groups is 2. The summed E-state index contributed by atoms with van der Waals surface area (Å²) in [5.41, 5.74) is 0.516. The Hall–Kier alpha value is -1.43. The zero-order chi connectivity index (χ0) is 12.7. The Bertz CT molecular complexity index is 409. The minimum absolute atomic E-state index is 0.0660. The van der Waals surface area contributed by atoms with Crippen LogP contribution in [0, 0.1) is 0 Å². The van der Waals surface area contributed by atoms with Crippen LogP contribution >= 0.6 is 15.9 Å². The molecule has 0 aromatic carbocycles. The second-order valence-electron chi connectivity index (χ2n) is 3.33. The van der Waals surface area contributed by atoms with Crippen LogP contribution < -0.4 is 10.6 Å². The highest BCUT2D eigenvalue weighted by atomic mass is 79.9. The van der Waals surface area contributed by atoms with Crippen molar-refractivity contribution in [1.82, 2.24) is 15.6 Å². The Balaban J connectivity index is 2.38. The summed E-state index contributed by atoms with van der Waals surface area (Å²) in [6, 6.07) is 3.24. The van der Waals surface area contributed by atoms with Gasteiger partial charge in [-0.3, -0.25) is 9.59 Å². The van der Waals surface area contributed by atoms with Crippen molar-refractivity contribution in [1.29, 1.82) is 0 Å². The van der Waals surface area contributed by atoms with Gasteiger partial charge in [0.15, 0.2) is 0 Å². The van der Waals surface area contributed by atoms with Gasteiger partial charge in [-0.15, -0.1) is 0 Å². The average molecular weight is 300 g/mol. The van der Waals surface area contributed by atoms with Gasteiger partial charge >= 0.3 is 0 Å². The van der Waals surface area contributed by atoms with E-state index in [0.717, 1.165) is 0 Å². The number of rotatable bonds is 5. The summed E-state index contributed by atoms with van der Waals surface area (Å²) in [4.78, 5) is 26.7. The van der Waals surface area contributed by atoms with Gasteiger partial charge in [-0.2, -0.15) is 0 Å². The van der Waals surface area contributed by atoms with Gasteiger partial charge in [0.2, 0.25) is 5.91 Å². The molecule has 0 radical (unpaired) electrons. The van der Waals surface area contributed by atoms with Crippen molar-refractivity contribution in [2.24, 2.45) is 0 Å². The predicted molar refractivity (Wildman–Crippen MR) is 67.6 cm³/mol. The van der Waals surface area contributed by atoms with Crippen LogP contribution in [0.5, 0.6) is 0 Å². The fourth-order valence-electron chi connectivity index (χ4n) is 1.22. The monoisotopic (exact) mass is 299 g/mol. The highest BCUT2D eigenvalue weighted by Crippen LogP contribution is 2.07. The number of pyridine rings is 1. The maximum absolute atomic E-state index is 11.6. The van der Waals surface area contributed by atoms with Crippen LogP contribution in [0.2, 0.25) is 0 Å². The Morgan fingerprint density at radius 3 is 2.82 bits per heavy atom. The van der Waals surface area contributed by atoms with Crippen molar-refractivity contribution in [3.63, 3.8) is 0 Å². The van der Waals surface area contributed by atoms with E-state index in [0.29, 0.717) is 23.3 Å². The van der Waals surface area contributed by atoms with E-state index in [-0.39, 0.29) is 18.2 Å². The maximum atomic E-state index is 11.6. The van der Waals surface area contributed by atoms with Gasteiger partial charge in [-0.1, -0.05) is 0 Å². The molecule has 0 spiro atoms. The van der Waals surface area contributed by atoms with Gasteiger partial charge in [0.05, 0.1) is 0 Å². The Morgan fingerprint density at radius 1 is 1.41 bits per heavy atom. The van der Waals surface area contributed by atoms with Gasteiger partial charge in [0.25, 0.3) is 5.91 Å². The van der Waals surface area contributed by atoms with Crippen molar-refractivity contribution < 1.29 is 9.59 Å². The van der Waals surface area contributed by atoms with Crippen LogP contribution in [-0.4, -0.2) is 29.9 Å². The Labute approximate surface area is 108 Å². The SMILES string of the molecule is CCNC(=O)CCNC(=O)c1ccnc(Br)c1. The molecule has 2 amide bonds. The lowest BCUT2D eigenvalue weighted by Gasteiger charge is -2.05. The number of amides is 2. The van der Waals surface area contributed by atoms with E-state index in [1.165, 1.54) is 0 Å². The van der Waals surface area contributed by atoms with E-state index in [4.69, 9.17) is 0 Å². The van der Waals surface area contributed by atoms with Gasteiger partial charge in [-0.05, 0) is 35.0 Å². The van der Waals surface area contributed by atoms with E-state index < -0.39 is 0 Å². The second-order valence-corrected chi connectivity index (χ2v) is 4.14. The van der Waals surface area contributed by atoms with Crippen LogP contribution in [0.15, 0.2) is 22.9 Å². The summed E-state index contributed by atoms with van der Waals surface area (Å²) >= 11 is 3.19. The number of hydrogen-bond acceptors (Lipinski definition) is 3. The number of carbonyl (C=O) groups excluding carboxylic acids is 2. The summed E-state index contributed by atoms with van der Waals surface area (Å²) in [6.45, 7) is 2.78. The van der Waals surface area contributed by atoms with Crippen molar-refractivity contribution in [2.45, 2.75) is 13.3 Å². The number of aromatic nitrogens is 1. The molecule has 1 aromatic heterocycles. The number of nitrogens with zero attached hydrogens (tertiary/aromatic N) is 1. The molecular weight excluding hydrogens is 286 g/mol. The van der Waals surface area contributed by atoms with Crippen LogP contribution in [0.3, 0.4) is 0 Å². The lowest BCUT2D eigenvalue weighted by molar-refractivity contribution is -0.120. The highest BCUT2D eigenvalue weighted by molar-refractivity contribution is 9.10. The van der Waals surface area contributed by atoms with E-state index >= 15 is 0 Å². The van der Waals surface area contributed by atoms with Crippen molar-refractivity contribution >= 4 is 27.7 Å². The number of nitrogens with one attached hydrogen (secondary N) is 2. The second kappa shape index (κ2) is 7.01. The Morgan fingerprint density at radius 2 is 2.18 bits per heavy atom. The third-order valence-electron chi connectivity index (χ3n) is 2.00. The molecule has 6 heteroatoms. The number of halogens is 1. The fourth-order valence-corrected chi connectivity index (χ4v) is 1.59. The molecular formula is C11H14BrN3O2. The zero-order valence-electron chi connectivity index (χ0n) is 9.50. The van der Waals surface area contributed by atoms with Crippen LogP contribution in [0.4, 0.5) is 0 Å². The lowest BCUT2D eigenvalue weighted by Crippen LogP contribution is -2.30. The molecule has 1 rings (SSSR count). The molecule has 1 heterocycles. The summed E-state index contributed by atoms with van der Waals surface area (Å²) < 4.78 is 0.605. The summed E-state index contributed by atoms with van der Waals surface area (Å²) in [5.74, 6) is -0.277. The van der Waals surface area contributed by atoms with E-state index in [1.54, 1.807) is 18.3 Å². The zero-order valence-corrected chi connectivity index (χ0v) is 11.1.